The third kappa shape index (κ3) is 3.95. The molecule has 0 saturated carbocycles. The number of nitrogens with zero attached hydrogens (tertiary/aromatic N) is 2. The lowest BCUT2D eigenvalue weighted by Crippen LogP contribution is -2.15. The molecule has 1 amide bonds. The summed E-state index contributed by atoms with van der Waals surface area (Å²) in [6, 6.07) is 5.87. The number of nitrogens with one attached hydrogen (secondary N) is 2. The Kier molecular flexibility index (Phi) is 4.76. The van der Waals surface area contributed by atoms with Gasteiger partial charge in [0.25, 0.3) is 0 Å². The van der Waals surface area contributed by atoms with Crippen LogP contribution in [0, 0.1) is 6.92 Å². The van der Waals surface area contributed by atoms with Gasteiger partial charge in [0.1, 0.15) is 5.75 Å². The zero-order chi connectivity index (χ0) is 15.2. The molecule has 2 N–H and O–H groups in total. The summed E-state index contributed by atoms with van der Waals surface area (Å²) < 4.78 is 10.3. The van der Waals surface area contributed by atoms with Gasteiger partial charge in [-0.05, 0) is 31.0 Å². The largest absolute Gasteiger partial charge is 0.496 e. The van der Waals surface area contributed by atoms with Gasteiger partial charge in [-0.3, -0.25) is 10.1 Å². The van der Waals surface area contributed by atoms with E-state index in [1.807, 2.05) is 32.0 Å². The summed E-state index contributed by atoms with van der Waals surface area (Å²) in [5.41, 5.74) is 1.89. The zero-order valence-corrected chi connectivity index (χ0v) is 12.3. The average molecular weight is 290 g/mol. The maximum absolute atomic E-state index is 12.0. The Balaban J connectivity index is 1.97. The van der Waals surface area contributed by atoms with Crippen molar-refractivity contribution in [3.05, 3.63) is 29.3 Å². The van der Waals surface area contributed by atoms with Crippen molar-refractivity contribution in [3.8, 4) is 11.8 Å². The Bertz CT molecular complexity index is 624. The van der Waals surface area contributed by atoms with Crippen molar-refractivity contribution in [2.24, 2.45) is 0 Å². The molecule has 0 radical (unpaired) electrons. The van der Waals surface area contributed by atoms with Crippen LogP contribution >= 0.6 is 0 Å². The highest BCUT2D eigenvalue weighted by molar-refractivity contribution is 5.90. The number of ether oxygens (including phenoxy) is 2. The Morgan fingerprint density at radius 1 is 1.43 bits per heavy atom. The van der Waals surface area contributed by atoms with E-state index in [9.17, 15) is 4.79 Å². The number of H-pyrrole nitrogens is 1. The second-order valence-electron chi connectivity index (χ2n) is 4.43. The summed E-state index contributed by atoms with van der Waals surface area (Å²) in [6.07, 6.45) is 0.224. The molecule has 0 spiro atoms. The van der Waals surface area contributed by atoms with Gasteiger partial charge in [0, 0.05) is 0 Å². The Hall–Kier alpha value is -2.57. The number of carbonyl (C=O) groups excluding carboxylic acids is 1. The van der Waals surface area contributed by atoms with E-state index in [-0.39, 0.29) is 24.3 Å². The topological polar surface area (TPSA) is 89.1 Å². The number of hydrogen-bond donors (Lipinski definition) is 2. The number of carbonyl (C=O) groups is 1. The molecular weight excluding hydrogens is 272 g/mol. The van der Waals surface area contributed by atoms with Crippen molar-refractivity contribution < 1.29 is 14.3 Å². The molecular formula is C14H18N4O3. The van der Waals surface area contributed by atoms with Crippen LogP contribution in [0.1, 0.15) is 18.1 Å². The fourth-order valence-corrected chi connectivity index (χ4v) is 1.83. The Morgan fingerprint density at radius 3 is 2.95 bits per heavy atom. The number of anilines is 1. The maximum Gasteiger partial charge on any atom is 0.337 e. The van der Waals surface area contributed by atoms with E-state index in [4.69, 9.17) is 9.47 Å². The molecule has 0 aliphatic heterocycles. The maximum atomic E-state index is 12.0. The summed E-state index contributed by atoms with van der Waals surface area (Å²) in [5.74, 6) is 0.834. The fourth-order valence-electron chi connectivity index (χ4n) is 1.83. The number of methoxy groups -OCH3 is 1. The van der Waals surface area contributed by atoms with Crippen LogP contribution in [0.25, 0.3) is 0 Å². The molecule has 1 heterocycles. The highest BCUT2D eigenvalue weighted by Crippen LogP contribution is 2.19. The second-order valence-corrected chi connectivity index (χ2v) is 4.43. The van der Waals surface area contributed by atoms with Crippen molar-refractivity contribution in [2.45, 2.75) is 20.3 Å². The summed E-state index contributed by atoms with van der Waals surface area (Å²) in [6.45, 7) is 4.25. The molecule has 7 heteroatoms. The van der Waals surface area contributed by atoms with Crippen LogP contribution in [0.15, 0.2) is 18.2 Å². The molecule has 0 aliphatic rings. The predicted molar refractivity (Wildman–Crippen MR) is 77.6 cm³/mol. The number of benzene rings is 1. The van der Waals surface area contributed by atoms with Crippen molar-refractivity contribution in [1.29, 1.82) is 0 Å². The van der Waals surface area contributed by atoms with E-state index in [0.717, 1.165) is 16.9 Å². The molecule has 0 bridgehead atoms. The van der Waals surface area contributed by atoms with E-state index >= 15 is 0 Å². The molecule has 2 rings (SSSR count). The smallest absolute Gasteiger partial charge is 0.337 e. The Labute approximate surface area is 122 Å². The normalized spacial score (nSPS) is 10.2. The van der Waals surface area contributed by atoms with E-state index in [1.54, 1.807) is 7.11 Å². The first kappa shape index (κ1) is 14.8. The first-order valence-electron chi connectivity index (χ1n) is 6.61. The molecule has 1 aromatic carbocycles. The van der Waals surface area contributed by atoms with E-state index in [2.05, 4.69) is 20.5 Å². The van der Waals surface area contributed by atoms with Crippen LogP contribution in [-0.4, -0.2) is 34.8 Å². The summed E-state index contributed by atoms with van der Waals surface area (Å²) in [5, 5.41) is 9.04. The first-order chi connectivity index (χ1) is 10.1. The van der Waals surface area contributed by atoms with Crippen LogP contribution in [-0.2, 0) is 11.2 Å². The fraction of sp³-hybridized carbons (Fsp3) is 0.357. The summed E-state index contributed by atoms with van der Waals surface area (Å²) in [4.78, 5) is 15.9. The minimum absolute atomic E-state index is 0.194. The van der Waals surface area contributed by atoms with Crippen LogP contribution < -0.4 is 14.8 Å². The minimum atomic E-state index is -0.194. The lowest BCUT2D eigenvalue weighted by molar-refractivity contribution is -0.115. The number of aromatic amines is 1. The molecule has 0 unspecified atom stereocenters. The third-order valence-electron chi connectivity index (χ3n) is 2.83. The Morgan fingerprint density at radius 2 is 2.24 bits per heavy atom. The standard InChI is InChI=1S/C14H18N4O3/c1-4-21-14-16-13(17-18-14)15-12(19)8-10-6-5-9(2)11(7-10)20-3/h5-7H,4,8H2,1-3H3,(H2,15,16,17,18,19). The number of aryl methyl sites for hydroxylation is 1. The van der Waals surface area contributed by atoms with Crippen LogP contribution in [0.2, 0.25) is 0 Å². The molecule has 21 heavy (non-hydrogen) atoms. The van der Waals surface area contributed by atoms with Gasteiger partial charge in [0.15, 0.2) is 0 Å². The number of aromatic nitrogens is 3. The predicted octanol–water partition coefficient (Wildman–Crippen LogP) is 1.70. The van der Waals surface area contributed by atoms with Gasteiger partial charge in [0.05, 0.1) is 20.1 Å². The highest BCUT2D eigenvalue weighted by Gasteiger charge is 2.09. The SMILES string of the molecule is CCOc1n[nH]c(NC(=O)Cc2ccc(C)c(OC)c2)n1. The number of hydrogen-bond acceptors (Lipinski definition) is 5. The molecule has 2 aromatic rings. The molecule has 7 nitrogen and oxygen atoms in total. The van der Waals surface area contributed by atoms with Gasteiger partial charge in [-0.25, -0.2) is 5.10 Å². The lowest BCUT2D eigenvalue weighted by Gasteiger charge is -2.07. The van der Waals surface area contributed by atoms with Crippen LogP contribution in [0.5, 0.6) is 11.8 Å². The molecule has 1 aromatic heterocycles. The van der Waals surface area contributed by atoms with Gasteiger partial charge in [-0.1, -0.05) is 12.1 Å². The van der Waals surface area contributed by atoms with Gasteiger partial charge in [0.2, 0.25) is 11.9 Å². The molecule has 0 saturated heterocycles. The van der Waals surface area contributed by atoms with Crippen molar-refractivity contribution in [1.82, 2.24) is 15.2 Å². The van der Waals surface area contributed by atoms with Gasteiger partial charge >= 0.3 is 6.01 Å². The van der Waals surface area contributed by atoms with E-state index in [1.165, 1.54) is 0 Å². The quantitative estimate of drug-likeness (QED) is 0.845. The molecule has 0 fully saturated rings. The molecule has 0 aliphatic carbocycles. The minimum Gasteiger partial charge on any atom is -0.496 e. The highest BCUT2D eigenvalue weighted by atomic mass is 16.5. The number of amides is 1. The summed E-state index contributed by atoms with van der Waals surface area (Å²) >= 11 is 0. The summed E-state index contributed by atoms with van der Waals surface area (Å²) in [7, 11) is 1.61. The van der Waals surface area contributed by atoms with Crippen molar-refractivity contribution >= 4 is 11.9 Å². The van der Waals surface area contributed by atoms with E-state index < -0.39 is 0 Å². The molecule has 0 atom stereocenters. The lowest BCUT2D eigenvalue weighted by atomic mass is 10.1. The average Bonchev–Trinajstić information content (AvgIpc) is 2.88. The second kappa shape index (κ2) is 6.74. The third-order valence-corrected chi connectivity index (χ3v) is 2.83. The van der Waals surface area contributed by atoms with Crippen molar-refractivity contribution in [3.63, 3.8) is 0 Å². The zero-order valence-electron chi connectivity index (χ0n) is 12.3. The van der Waals surface area contributed by atoms with Crippen LogP contribution in [0.4, 0.5) is 5.95 Å². The number of rotatable bonds is 6. The van der Waals surface area contributed by atoms with Crippen molar-refractivity contribution in [2.75, 3.05) is 19.0 Å². The van der Waals surface area contributed by atoms with Crippen LogP contribution in [0.3, 0.4) is 0 Å². The molecule has 112 valence electrons. The monoisotopic (exact) mass is 290 g/mol. The van der Waals surface area contributed by atoms with Gasteiger partial charge in [-0.2, -0.15) is 4.98 Å². The van der Waals surface area contributed by atoms with E-state index in [0.29, 0.717) is 6.61 Å². The first-order valence-corrected chi connectivity index (χ1v) is 6.61. The van der Waals surface area contributed by atoms with Gasteiger partial charge in [-0.15, -0.1) is 5.10 Å². The van der Waals surface area contributed by atoms with Gasteiger partial charge < -0.3 is 9.47 Å².